The van der Waals surface area contributed by atoms with E-state index in [-0.39, 0.29) is 23.8 Å². The lowest BCUT2D eigenvalue weighted by atomic mass is 9.90. The van der Waals surface area contributed by atoms with Crippen LogP contribution in [0.4, 0.5) is 0 Å². The highest BCUT2D eigenvalue weighted by molar-refractivity contribution is 5.86. The van der Waals surface area contributed by atoms with Gasteiger partial charge in [-0.3, -0.25) is 9.59 Å². The van der Waals surface area contributed by atoms with Gasteiger partial charge in [-0.15, -0.1) is 0 Å². The van der Waals surface area contributed by atoms with Gasteiger partial charge >= 0.3 is 0 Å². The SMILES string of the molecule is CC(C)CC(N)C(=O)N1CCCC2C(=O)NCC21. The smallest absolute Gasteiger partial charge is 0.239 e. The van der Waals surface area contributed by atoms with E-state index in [4.69, 9.17) is 5.73 Å². The van der Waals surface area contributed by atoms with Gasteiger partial charge in [0, 0.05) is 13.1 Å². The van der Waals surface area contributed by atoms with E-state index in [1.807, 2.05) is 4.90 Å². The highest BCUT2D eigenvalue weighted by Gasteiger charge is 2.43. The highest BCUT2D eigenvalue weighted by atomic mass is 16.2. The minimum absolute atomic E-state index is 0.00917. The molecule has 2 saturated heterocycles. The van der Waals surface area contributed by atoms with E-state index in [0.29, 0.717) is 18.9 Å². The summed E-state index contributed by atoms with van der Waals surface area (Å²) in [4.78, 5) is 25.8. The molecule has 0 aromatic carbocycles. The maximum atomic E-state index is 12.3. The zero-order valence-electron chi connectivity index (χ0n) is 11.2. The minimum atomic E-state index is -0.431. The third kappa shape index (κ3) is 2.51. The van der Waals surface area contributed by atoms with E-state index in [9.17, 15) is 9.59 Å². The summed E-state index contributed by atoms with van der Waals surface area (Å²) >= 11 is 0. The van der Waals surface area contributed by atoms with Gasteiger partial charge in [0.25, 0.3) is 0 Å². The molecule has 0 aromatic rings. The Morgan fingerprint density at radius 2 is 2.28 bits per heavy atom. The van der Waals surface area contributed by atoms with Gasteiger partial charge in [0.05, 0.1) is 18.0 Å². The van der Waals surface area contributed by atoms with Crippen molar-refractivity contribution in [3.05, 3.63) is 0 Å². The van der Waals surface area contributed by atoms with Crippen LogP contribution in [0.1, 0.15) is 33.1 Å². The molecule has 0 spiro atoms. The van der Waals surface area contributed by atoms with Crippen LogP contribution in [0.3, 0.4) is 0 Å². The van der Waals surface area contributed by atoms with Crippen LogP contribution in [0, 0.1) is 11.8 Å². The van der Waals surface area contributed by atoms with Crippen molar-refractivity contribution in [3.8, 4) is 0 Å². The molecule has 0 aromatic heterocycles. The lowest BCUT2D eigenvalue weighted by Crippen LogP contribution is -2.54. The Hall–Kier alpha value is -1.10. The Balaban J connectivity index is 2.03. The molecule has 102 valence electrons. The van der Waals surface area contributed by atoms with Crippen molar-refractivity contribution in [2.75, 3.05) is 13.1 Å². The van der Waals surface area contributed by atoms with Gasteiger partial charge in [0.15, 0.2) is 0 Å². The fourth-order valence-electron chi connectivity index (χ4n) is 3.05. The third-order valence-electron chi connectivity index (χ3n) is 3.93. The molecule has 0 aliphatic carbocycles. The second-order valence-electron chi connectivity index (χ2n) is 5.83. The van der Waals surface area contributed by atoms with Crippen molar-refractivity contribution in [1.29, 1.82) is 0 Å². The predicted molar refractivity (Wildman–Crippen MR) is 68.7 cm³/mol. The average molecular weight is 253 g/mol. The number of carbonyl (C=O) groups excluding carboxylic acids is 2. The Labute approximate surface area is 108 Å². The molecule has 3 unspecified atom stereocenters. The maximum Gasteiger partial charge on any atom is 0.239 e. The highest BCUT2D eigenvalue weighted by Crippen LogP contribution is 2.28. The topological polar surface area (TPSA) is 75.4 Å². The van der Waals surface area contributed by atoms with Gasteiger partial charge in [-0.05, 0) is 25.2 Å². The lowest BCUT2D eigenvalue weighted by Gasteiger charge is -2.37. The fourth-order valence-corrected chi connectivity index (χ4v) is 3.05. The molecule has 0 radical (unpaired) electrons. The third-order valence-corrected chi connectivity index (χ3v) is 3.93. The standard InChI is InChI=1S/C13H23N3O2/c1-8(2)6-10(14)13(18)16-5-3-4-9-11(16)7-15-12(9)17/h8-11H,3-7,14H2,1-2H3,(H,15,17). The minimum Gasteiger partial charge on any atom is -0.354 e. The van der Waals surface area contributed by atoms with Crippen LogP contribution < -0.4 is 11.1 Å². The van der Waals surface area contributed by atoms with E-state index in [0.717, 1.165) is 19.4 Å². The van der Waals surface area contributed by atoms with Gasteiger partial charge in [-0.1, -0.05) is 13.8 Å². The van der Waals surface area contributed by atoms with E-state index in [2.05, 4.69) is 19.2 Å². The predicted octanol–water partition coefficient (Wildman–Crippen LogP) is 0.0968. The van der Waals surface area contributed by atoms with Crippen molar-refractivity contribution in [2.24, 2.45) is 17.6 Å². The monoisotopic (exact) mass is 253 g/mol. The number of nitrogens with zero attached hydrogens (tertiary/aromatic N) is 1. The van der Waals surface area contributed by atoms with Crippen molar-refractivity contribution >= 4 is 11.8 Å². The van der Waals surface area contributed by atoms with E-state index >= 15 is 0 Å². The molecule has 18 heavy (non-hydrogen) atoms. The molecule has 0 bridgehead atoms. The van der Waals surface area contributed by atoms with E-state index in [1.54, 1.807) is 0 Å². The van der Waals surface area contributed by atoms with Crippen LogP contribution in [0.2, 0.25) is 0 Å². The normalized spacial score (nSPS) is 29.1. The first-order chi connectivity index (χ1) is 8.50. The zero-order valence-corrected chi connectivity index (χ0v) is 11.2. The fraction of sp³-hybridized carbons (Fsp3) is 0.846. The molecule has 3 N–H and O–H groups in total. The molecule has 2 fully saturated rings. The number of piperidine rings is 1. The van der Waals surface area contributed by atoms with Gasteiger partial charge in [-0.25, -0.2) is 0 Å². The van der Waals surface area contributed by atoms with Crippen LogP contribution >= 0.6 is 0 Å². The summed E-state index contributed by atoms with van der Waals surface area (Å²) in [5.74, 6) is 0.492. The molecule has 2 rings (SSSR count). The number of fused-ring (bicyclic) bond motifs is 1. The summed E-state index contributed by atoms with van der Waals surface area (Å²) in [7, 11) is 0. The van der Waals surface area contributed by atoms with Gasteiger partial charge in [0.1, 0.15) is 0 Å². The molecule has 2 heterocycles. The van der Waals surface area contributed by atoms with Crippen LogP contribution in [0.25, 0.3) is 0 Å². The quantitative estimate of drug-likeness (QED) is 0.749. The molecular formula is C13H23N3O2. The number of nitrogens with one attached hydrogen (secondary N) is 1. The molecule has 0 saturated carbocycles. The van der Waals surface area contributed by atoms with Crippen molar-refractivity contribution in [3.63, 3.8) is 0 Å². The summed E-state index contributed by atoms with van der Waals surface area (Å²) < 4.78 is 0. The van der Waals surface area contributed by atoms with Crippen LogP contribution in [-0.4, -0.2) is 41.9 Å². The number of hydrogen-bond donors (Lipinski definition) is 2. The second-order valence-corrected chi connectivity index (χ2v) is 5.83. The van der Waals surface area contributed by atoms with Crippen molar-refractivity contribution in [2.45, 2.75) is 45.2 Å². The van der Waals surface area contributed by atoms with Gasteiger partial charge in [-0.2, -0.15) is 0 Å². The molecule has 2 aliphatic heterocycles. The van der Waals surface area contributed by atoms with Gasteiger partial charge < -0.3 is 16.0 Å². The summed E-state index contributed by atoms with van der Waals surface area (Å²) in [6, 6.07) is -0.406. The van der Waals surface area contributed by atoms with E-state index < -0.39 is 6.04 Å². The maximum absolute atomic E-state index is 12.3. The summed E-state index contributed by atoms with van der Waals surface area (Å²) in [5, 5.41) is 2.85. The van der Waals surface area contributed by atoms with Crippen molar-refractivity contribution in [1.82, 2.24) is 10.2 Å². The average Bonchev–Trinajstić information content (AvgIpc) is 2.69. The Morgan fingerprint density at radius 1 is 1.56 bits per heavy atom. The number of likely N-dealkylation sites (tertiary alicyclic amines) is 1. The van der Waals surface area contributed by atoms with E-state index in [1.165, 1.54) is 0 Å². The Bertz CT molecular complexity index is 343. The number of rotatable bonds is 3. The first-order valence-electron chi connectivity index (χ1n) is 6.84. The molecule has 2 aliphatic rings. The Kier molecular flexibility index (Phi) is 3.90. The summed E-state index contributed by atoms with van der Waals surface area (Å²) in [6.07, 6.45) is 2.49. The van der Waals surface area contributed by atoms with Crippen molar-refractivity contribution < 1.29 is 9.59 Å². The Morgan fingerprint density at radius 3 is 2.94 bits per heavy atom. The first-order valence-corrected chi connectivity index (χ1v) is 6.84. The molecular weight excluding hydrogens is 230 g/mol. The zero-order chi connectivity index (χ0) is 13.3. The summed E-state index contributed by atoms with van der Waals surface area (Å²) in [6.45, 7) is 5.45. The molecule has 2 amide bonds. The summed E-state index contributed by atoms with van der Waals surface area (Å²) in [5.41, 5.74) is 5.97. The molecule has 3 atom stereocenters. The number of carbonyl (C=O) groups is 2. The first kappa shape index (κ1) is 13.3. The number of nitrogens with two attached hydrogens (primary N) is 1. The lowest BCUT2D eigenvalue weighted by molar-refractivity contribution is -0.138. The number of amides is 2. The van der Waals surface area contributed by atoms with Gasteiger partial charge in [0.2, 0.25) is 11.8 Å². The second kappa shape index (κ2) is 5.26. The van der Waals surface area contributed by atoms with Crippen LogP contribution in [-0.2, 0) is 9.59 Å². The van der Waals surface area contributed by atoms with Crippen LogP contribution in [0.5, 0.6) is 0 Å². The molecule has 5 nitrogen and oxygen atoms in total. The molecule has 5 heteroatoms. The number of hydrogen-bond acceptors (Lipinski definition) is 3. The van der Waals surface area contributed by atoms with Crippen LogP contribution in [0.15, 0.2) is 0 Å². The largest absolute Gasteiger partial charge is 0.354 e.